The summed E-state index contributed by atoms with van der Waals surface area (Å²) < 4.78 is 24.3. The van der Waals surface area contributed by atoms with Crippen LogP contribution in [0.4, 0.5) is 20.6 Å². The van der Waals surface area contributed by atoms with Crippen LogP contribution in [0, 0.1) is 26.0 Å². The van der Waals surface area contributed by atoms with E-state index >= 15 is 0 Å². The van der Waals surface area contributed by atoms with Gasteiger partial charge >= 0.3 is 5.69 Å². The highest BCUT2D eigenvalue weighted by Gasteiger charge is 2.35. The zero-order valence-corrected chi connectivity index (χ0v) is 19.8. The molecule has 37 heavy (non-hydrogen) atoms. The van der Waals surface area contributed by atoms with Crippen molar-refractivity contribution in [2.24, 2.45) is 0 Å². The van der Waals surface area contributed by atoms with Gasteiger partial charge in [0.05, 0.1) is 34.5 Å². The van der Waals surface area contributed by atoms with Gasteiger partial charge in [0.25, 0.3) is 16.8 Å². The maximum atomic E-state index is 13.2. The number of carbonyl (C=O) groups excluding carboxylic acids is 2. The van der Waals surface area contributed by atoms with Crippen LogP contribution in [0.15, 0.2) is 65.6 Å². The lowest BCUT2D eigenvalue weighted by atomic mass is 10.1. The number of hydrogen-bond acceptors (Lipinski definition) is 9. The van der Waals surface area contributed by atoms with Gasteiger partial charge in [-0.15, -0.1) is 0 Å². The van der Waals surface area contributed by atoms with E-state index in [2.05, 4.69) is 0 Å². The van der Waals surface area contributed by atoms with Gasteiger partial charge in [-0.2, -0.15) is 0 Å². The van der Waals surface area contributed by atoms with E-state index in [0.717, 1.165) is 23.1 Å². The second-order valence-electron chi connectivity index (χ2n) is 7.54. The van der Waals surface area contributed by atoms with Gasteiger partial charge in [-0.3, -0.25) is 34.7 Å². The number of imide groups is 1. The van der Waals surface area contributed by atoms with Gasteiger partial charge in [0.2, 0.25) is 5.75 Å². The molecule has 11 nitrogen and oxygen atoms in total. The minimum Gasteiger partial charge on any atom is -0.493 e. The molecule has 1 fully saturated rings. The molecule has 1 heterocycles. The van der Waals surface area contributed by atoms with Crippen LogP contribution in [0.1, 0.15) is 11.1 Å². The molecule has 13 heteroatoms. The molecule has 4 rings (SSSR count). The molecule has 0 atom stereocenters. The van der Waals surface area contributed by atoms with E-state index in [4.69, 9.17) is 9.47 Å². The van der Waals surface area contributed by atoms with E-state index in [1.54, 1.807) is 12.1 Å². The number of halogens is 1. The largest absolute Gasteiger partial charge is 0.493 e. The van der Waals surface area contributed by atoms with Crippen LogP contribution in [-0.4, -0.2) is 33.0 Å². The van der Waals surface area contributed by atoms with Crippen molar-refractivity contribution < 1.29 is 33.3 Å². The average Bonchev–Trinajstić information content (AvgIpc) is 3.13. The van der Waals surface area contributed by atoms with Crippen LogP contribution in [-0.2, 0) is 11.3 Å². The van der Waals surface area contributed by atoms with Gasteiger partial charge in [0.1, 0.15) is 5.82 Å². The van der Waals surface area contributed by atoms with Crippen LogP contribution in [0.5, 0.6) is 17.2 Å². The fourth-order valence-corrected chi connectivity index (χ4v) is 4.25. The smallest absolute Gasteiger partial charge is 0.318 e. The molecule has 0 spiro atoms. The van der Waals surface area contributed by atoms with Crippen molar-refractivity contribution in [1.29, 1.82) is 0 Å². The molecular formula is C24H16FN3O8S. The minimum absolute atomic E-state index is 0.00714. The van der Waals surface area contributed by atoms with Crippen molar-refractivity contribution in [2.75, 3.05) is 7.11 Å². The molecule has 0 radical (unpaired) electrons. The Morgan fingerprint density at radius 3 is 2.38 bits per heavy atom. The molecule has 0 saturated carbocycles. The molecule has 0 aromatic heterocycles. The average molecular weight is 525 g/mol. The van der Waals surface area contributed by atoms with Crippen molar-refractivity contribution in [3.8, 4) is 17.2 Å². The van der Waals surface area contributed by atoms with Gasteiger partial charge in [0, 0.05) is 11.6 Å². The van der Waals surface area contributed by atoms with Crippen LogP contribution in [0.2, 0.25) is 0 Å². The number of nitro groups is 2. The topological polar surface area (TPSA) is 142 Å². The third kappa shape index (κ3) is 5.41. The Hall–Kier alpha value is -4.78. The second-order valence-corrected chi connectivity index (χ2v) is 8.53. The van der Waals surface area contributed by atoms with Crippen LogP contribution in [0.3, 0.4) is 0 Å². The van der Waals surface area contributed by atoms with Gasteiger partial charge in [0.15, 0.2) is 11.5 Å². The summed E-state index contributed by atoms with van der Waals surface area (Å²) in [5, 5.41) is 22.0. The molecule has 1 aliphatic rings. The number of nitro benzene ring substituents is 2. The first-order valence-corrected chi connectivity index (χ1v) is 11.3. The Kier molecular flexibility index (Phi) is 7.15. The van der Waals surface area contributed by atoms with Crippen molar-refractivity contribution in [3.63, 3.8) is 0 Å². The molecule has 0 N–H and O–H groups in total. The van der Waals surface area contributed by atoms with E-state index in [1.165, 1.54) is 43.5 Å². The lowest BCUT2D eigenvalue weighted by Crippen LogP contribution is -2.27. The number of hydrogen-bond donors (Lipinski definition) is 0. The highest BCUT2D eigenvalue weighted by Crippen LogP contribution is 2.42. The number of thioether (sulfide) groups is 1. The summed E-state index contributed by atoms with van der Waals surface area (Å²) in [5.74, 6) is -1.18. The fraction of sp³-hybridized carbons (Fsp3) is 0.0833. The van der Waals surface area contributed by atoms with Crippen LogP contribution < -0.4 is 9.47 Å². The summed E-state index contributed by atoms with van der Waals surface area (Å²) in [5.41, 5.74) is -0.320. The quantitative estimate of drug-likeness (QED) is 0.206. The van der Waals surface area contributed by atoms with Gasteiger partial charge in [-0.1, -0.05) is 24.3 Å². The lowest BCUT2D eigenvalue weighted by Gasteiger charge is -2.14. The van der Waals surface area contributed by atoms with Crippen molar-refractivity contribution in [3.05, 3.63) is 103 Å². The fourth-order valence-electron chi connectivity index (χ4n) is 3.42. The minimum atomic E-state index is -0.821. The third-order valence-electron chi connectivity index (χ3n) is 5.21. The summed E-state index contributed by atoms with van der Waals surface area (Å²) in [6.07, 6.45) is 1.38. The summed E-state index contributed by atoms with van der Waals surface area (Å²) in [7, 11) is 1.34. The number of carbonyl (C=O) groups is 2. The Bertz CT molecular complexity index is 1460. The van der Waals surface area contributed by atoms with E-state index in [1.807, 2.05) is 0 Å². The molecule has 3 aromatic carbocycles. The molecule has 0 unspecified atom stereocenters. The molecule has 1 aliphatic heterocycles. The number of non-ortho nitro benzene ring substituents is 1. The number of benzene rings is 3. The first-order valence-electron chi connectivity index (χ1n) is 10.5. The predicted octanol–water partition coefficient (Wildman–Crippen LogP) is 5.68. The first-order chi connectivity index (χ1) is 17.7. The Labute approximate surface area is 212 Å². The number of amides is 2. The summed E-state index contributed by atoms with van der Waals surface area (Å²) >= 11 is 0.686. The SMILES string of the molecule is COc1cccc(/C=C2/SC(=O)N(Cc3ccc(F)cc3)C2=O)c1Oc1ccc([N+](=O)[O-])cc1[N+](=O)[O-]. The number of rotatable bonds is 8. The van der Waals surface area contributed by atoms with Crippen LogP contribution >= 0.6 is 11.8 Å². The van der Waals surface area contributed by atoms with E-state index in [0.29, 0.717) is 17.3 Å². The number of ether oxygens (including phenoxy) is 2. The van der Waals surface area contributed by atoms with Gasteiger partial charge in [-0.05, 0) is 47.7 Å². The normalized spacial score (nSPS) is 14.2. The second kappa shape index (κ2) is 10.5. The third-order valence-corrected chi connectivity index (χ3v) is 6.11. The molecule has 1 saturated heterocycles. The first kappa shape index (κ1) is 25.3. The summed E-state index contributed by atoms with van der Waals surface area (Å²) in [6, 6.07) is 12.9. The molecule has 188 valence electrons. The van der Waals surface area contributed by atoms with Gasteiger partial charge < -0.3 is 9.47 Å². The Balaban J connectivity index is 1.69. The molecule has 3 aromatic rings. The number of methoxy groups -OCH3 is 1. The van der Waals surface area contributed by atoms with Crippen LogP contribution in [0.25, 0.3) is 6.08 Å². The van der Waals surface area contributed by atoms with Crippen molar-refractivity contribution >= 4 is 40.4 Å². The standard InChI is InChI=1S/C24H16FN3O8S/c1-35-20-4-2-3-15(22(20)36-19-10-9-17(27(31)32)12-18(19)28(33)34)11-21-23(29)26(24(30)37-21)13-14-5-7-16(25)8-6-14/h2-12H,13H2,1H3/b21-11+. The van der Waals surface area contributed by atoms with Crippen molar-refractivity contribution in [2.45, 2.75) is 6.54 Å². The number of nitrogens with zero attached hydrogens (tertiary/aromatic N) is 3. The zero-order chi connectivity index (χ0) is 26.7. The summed E-state index contributed by atoms with van der Waals surface area (Å²) in [6.45, 7) is -0.0568. The molecule has 2 amide bonds. The Morgan fingerprint density at radius 1 is 1.00 bits per heavy atom. The lowest BCUT2D eigenvalue weighted by molar-refractivity contribution is -0.394. The monoisotopic (exact) mass is 525 g/mol. The Morgan fingerprint density at radius 2 is 1.73 bits per heavy atom. The maximum Gasteiger partial charge on any atom is 0.318 e. The molecule has 0 bridgehead atoms. The van der Waals surface area contributed by atoms with E-state index < -0.39 is 38.2 Å². The number of para-hydroxylation sites is 1. The van der Waals surface area contributed by atoms with E-state index in [9.17, 15) is 34.2 Å². The summed E-state index contributed by atoms with van der Waals surface area (Å²) in [4.78, 5) is 47.6. The predicted molar refractivity (Wildman–Crippen MR) is 131 cm³/mol. The van der Waals surface area contributed by atoms with Crippen molar-refractivity contribution in [1.82, 2.24) is 4.90 Å². The molecule has 0 aliphatic carbocycles. The van der Waals surface area contributed by atoms with Gasteiger partial charge in [-0.25, -0.2) is 4.39 Å². The van der Waals surface area contributed by atoms with E-state index in [-0.39, 0.29) is 34.3 Å². The zero-order valence-electron chi connectivity index (χ0n) is 19.0. The maximum absolute atomic E-state index is 13.2. The molecular weight excluding hydrogens is 509 g/mol. The highest BCUT2D eigenvalue weighted by atomic mass is 32.2. The highest BCUT2D eigenvalue weighted by molar-refractivity contribution is 8.18.